The maximum absolute atomic E-state index is 13.5. The van der Waals surface area contributed by atoms with Crippen LogP contribution in [0.25, 0.3) is 10.9 Å². The third-order valence-corrected chi connectivity index (χ3v) is 6.12. The molecule has 0 spiro atoms. The zero-order valence-electron chi connectivity index (χ0n) is 19.0. The van der Waals surface area contributed by atoms with Gasteiger partial charge in [-0.15, -0.1) is 0 Å². The van der Waals surface area contributed by atoms with Crippen molar-refractivity contribution in [2.24, 2.45) is 5.10 Å². The number of rotatable bonds is 5. The van der Waals surface area contributed by atoms with Gasteiger partial charge in [-0.25, -0.2) is 9.99 Å². The Balaban J connectivity index is 1.51. The van der Waals surface area contributed by atoms with Crippen molar-refractivity contribution in [3.63, 3.8) is 0 Å². The summed E-state index contributed by atoms with van der Waals surface area (Å²) >= 11 is 0. The number of fused-ring (bicyclic) bond motifs is 1. The Hall–Kier alpha value is -4.26. The molecule has 1 aliphatic heterocycles. The topological polar surface area (TPSA) is 76.8 Å². The average molecular weight is 453 g/mol. The molecular weight excluding hydrogens is 428 g/mol. The second-order valence-electron chi connectivity index (χ2n) is 8.21. The van der Waals surface area contributed by atoms with Gasteiger partial charge in [-0.3, -0.25) is 14.2 Å². The molecule has 0 unspecified atom stereocenters. The number of aryl methyl sites for hydroxylation is 1. The summed E-state index contributed by atoms with van der Waals surface area (Å²) in [4.78, 5) is 31.2. The number of para-hydroxylation sites is 1. The third-order valence-electron chi connectivity index (χ3n) is 6.12. The van der Waals surface area contributed by atoms with E-state index in [0.717, 1.165) is 22.6 Å². The van der Waals surface area contributed by atoms with E-state index >= 15 is 0 Å². The minimum atomic E-state index is -0.280. The van der Waals surface area contributed by atoms with Gasteiger partial charge in [-0.1, -0.05) is 54.6 Å². The van der Waals surface area contributed by atoms with Crippen molar-refractivity contribution >= 4 is 22.5 Å². The SMILES string of the molecule is COc1ccc([C@H]2CC(c3ccccc3)=NN2C(=O)Cn2c(C)nc3ccccc3c2=O)cc1. The molecule has 4 aromatic rings. The number of nitrogens with zero attached hydrogens (tertiary/aromatic N) is 4. The van der Waals surface area contributed by atoms with Crippen LogP contribution in [0.1, 0.15) is 29.4 Å². The van der Waals surface area contributed by atoms with Gasteiger partial charge >= 0.3 is 0 Å². The first-order chi connectivity index (χ1) is 16.5. The molecule has 0 saturated heterocycles. The van der Waals surface area contributed by atoms with Crippen molar-refractivity contribution in [2.45, 2.75) is 25.9 Å². The Morgan fingerprint density at radius 1 is 1.00 bits per heavy atom. The van der Waals surface area contributed by atoms with Gasteiger partial charge in [0.25, 0.3) is 11.5 Å². The van der Waals surface area contributed by atoms with Gasteiger partial charge in [0.2, 0.25) is 0 Å². The van der Waals surface area contributed by atoms with Gasteiger partial charge in [-0.2, -0.15) is 5.10 Å². The summed E-state index contributed by atoms with van der Waals surface area (Å²) in [6.07, 6.45) is 0.575. The van der Waals surface area contributed by atoms with Gasteiger partial charge in [0.15, 0.2) is 0 Å². The Morgan fingerprint density at radius 3 is 2.44 bits per heavy atom. The van der Waals surface area contributed by atoms with E-state index in [1.807, 2.05) is 60.7 Å². The molecule has 1 amide bonds. The van der Waals surface area contributed by atoms with Gasteiger partial charge in [-0.05, 0) is 42.3 Å². The van der Waals surface area contributed by atoms with E-state index < -0.39 is 0 Å². The molecular formula is C27H24N4O3. The molecule has 170 valence electrons. The molecule has 1 aromatic heterocycles. The van der Waals surface area contributed by atoms with Crippen molar-refractivity contribution in [1.29, 1.82) is 0 Å². The van der Waals surface area contributed by atoms with E-state index in [9.17, 15) is 9.59 Å². The molecule has 0 aliphatic carbocycles. The number of amides is 1. The molecule has 1 aliphatic rings. The van der Waals surface area contributed by atoms with Gasteiger partial charge < -0.3 is 4.74 Å². The Labute approximate surface area is 196 Å². The number of hydrogen-bond donors (Lipinski definition) is 0. The van der Waals surface area contributed by atoms with Crippen LogP contribution in [0.5, 0.6) is 5.75 Å². The molecule has 5 rings (SSSR count). The predicted molar refractivity (Wildman–Crippen MR) is 131 cm³/mol. The maximum Gasteiger partial charge on any atom is 0.263 e. The van der Waals surface area contributed by atoms with Crippen molar-refractivity contribution in [3.05, 3.63) is 106 Å². The normalized spacial score (nSPS) is 15.4. The van der Waals surface area contributed by atoms with Crippen molar-refractivity contribution in [3.8, 4) is 5.75 Å². The molecule has 34 heavy (non-hydrogen) atoms. The zero-order chi connectivity index (χ0) is 23.7. The van der Waals surface area contributed by atoms with Crippen molar-refractivity contribution < 1.29 is 9.53 Å². The smallest absolute Gasteiger partial charge is 0.263 e. The highest BCUT2D eigenvalue weighted by atomic mass is 16.5. The minimum Gasteiger partial charge on any atom is -0.497 e. The summed E-state index contributed by atoms with van der Waals surface area (Å²) in [5.74, 6) is 0.965. The van der Waals surface area contributed by atoms with E-state index in [2.05, 4.69) is 4.98 Å². The van der Waals surface area contributed by atoms with E-state index in [1.54, 1.807) is 32.2 Å². The summed E-state index contributed by atoms with van der Waals surface area (Å²) in [6.45, 7) is 1.60. The van der Waals surface area contributed by atoms with Crippen LogP contribution < -0.4 is 10.3 Å². The predicted octanol–water partition coefficient (Wildman–Crippen LogP) is 4.09. The van der Waals surface area contributed by atoms with Crippen LogP contribution in [0.15, 0.2) is 88.8 Å². The fraction of sp³-hybridized carbons (Fsp3) is 0.185. The largest absolute Gasteiger partial charge is 0.497 e. The molecule has 0 bridgehead atoms. The molecule has 7 heteroatoms. The lowest BCUT2D eigenvalue weighted by atomic mass is 9.98. The highest BCUT2D eigenvalue weighted by Gasteiger charge is 2.33. The van der Waals surface area contributed by atoms with E-state index in [4.69, 9.17) is 9.84 Å². The average Bonchev–Trinajstić information content (AvgIpc) is 3.33. The molecule has 7 nitrogen and oxygen atoms in total. The molecule has 0 fully saturated rings. The summed E-state index contributed by atoms with van der Waals surface area (Å²) in [7, 11) is 1.62. The van der Waals surface area contributed by atoms with Gasteiger partial charge in [0.05, 0.1) is 29.8 Å². The van der Waals surface area contributed by atoms with Gasteiger partial charge in [0.1, 0.15) is 18.1 Å². The standard InChI is InChI=1S/C27H24N4O3/c1-18-28-23-11-7-6-10-22(23)27(33)30(18)17-26(32)31-25(20-12-14-21(34-2)15-13-20)16-24(29-31)19-8-4-3-5-9-19/h3-15,25H,16-17H2,1-2H3/t25-/m1/s1. The Morgan fingerprint density at radius 2 is 1.71 bits per heavy atom. The number of benzene rings is 3. The fourth-order valence-corrected chi connectivity index (χ4v) is 4.30. The molecule has 2 heterocycles. The number of hydrogen-bond acceptors (Lipinski definition) is 5. The number of carbonyl (C=O) groups excluding carboxylic acids is 1. The van der Waals surface area contributed by atoms with Crippen molar-refractivity contribution in [2.75, 3.05) is 7.11 Å². The van der Waals surface area contributed by atoms with E-state index in [0.29, 0.717) is 23.1 Å². The summed E-state index contributed by atoms with van der Waals surface area (Å²) in [5, 5.41) is 6.70. The van der Waals surface area contributed by atoms with Crippen LogP contribution in [-0.4, -0.2) is 33.3 Å². The summed E-state index contributed by atoms with van der Waals surface area (Å²) in [6, 6.07) is 24.4. The van der Waals surface area contributed by atoms with Crippen LogP contribution in [-0.2, 0) is 11.3 Å². The van der Waals surface area contributed by atoms with Gasteiger partial charge in [0, 0.05) is 6.42 Å². The van der Waals surface area contributed by atoms with Crippen molar-refractivity contribution in [1.82, 2.24) is 14.6 Å². The number of ether oxygens (including phenoxy) is 1. The van der Waals surface area contributed by atoms with Crippen LogP contribution in [0.2, 0.25) is 0 Å². The van der Waals surface area contributed by atoms with Crippen LogP contribution in [0, 0.1) is 6.92 Å². The quantitative estimate of drug-likeness (QED) is 0.457. The third kappa shape index (κ3) is 3.96. The van der Waals surface area contributed by atoms with Crippen LogP contribution >= 0.6 is 0 Å². The highest BCUT2D eigenvalue weighted by Crippen LogP contribution is 2.33. The number of methoxy groups -OCH3 is 1. The van der Waals surface area contributed by atoms with Crippen LogP contribution in [0.4, 0.5) is 0 Å². The van der Waals surface area contributed by atoms with E-state index in [1.165, 1.54) is 9.58 Å². The first-order valence-electron chi connectivity index (χ1n) is 11.1. The molecule has 0 N–H and O–H groups in total. The lowest BCUT2D eigenvalue weighted by Crippen LogP contribution is -2.35. The first-order valence-corrected chi connectivity index (χ1v) is 11.1. The number of hydrazone groups is 1. The summed E-state index contributed by atoms with van der Waals surface area (Å²) in [5.41, 5.74) is 3.14. The molecule has 3 aromatic carbocycles. The lowest BCUT2D eigenvalue weighted by molar-refractivity contribution is -0.133. The zero-order valence-corrected chi connectivity index (χ0v) is 19.0. The number of carbonyl (C=O) groups is 1. The maximum atomic E-state index is 13.5. The second-order valence-corrected chi connectivity index (χ2v) is 8.21. The fourth-order valence-electron chi connectivity index (χ4n) is 4.30. The Kier molecular flexibility index (Phi) is 5.67. The highest BCUT2D eigenvalue weighted by molar-refractivity contribution is 6.03. The second kappa shape index (κ2) is 8.94. The first kappa shape index (κ1) is 21.6. The summed E-state index contributed by atoms with van der Waals surface area (Å²) < 4.78 is 6.71. The monoisotopic (exact) mass is 452 g/mol. The lowest BCUT2D eigenvalue weighted by Gasteiger charge is -2.23. The molecule has 0 radical (unpaired) electrons. The number of aromatic nitrogens is 2. The van der Waals surface area contributed by atoms with E-state index in [-0.39, 0.29) is 24.1 Å². The minimum absolute atomic E-state index is 0.138. The molecule has 1 atom stereocenters. The molecule has 0 saturated carbocycles. The van der Waals surface area contributed by atoms with Crippen LogP contribution in [0.3, 0.4) is 0 Å². The Bertz CT molecular complexity index is 1440.